The molecule has 4 aliphatic carbocycles. The molecule has 2 aromatic carbocycles. The van der Waals surface area contributed by atoms with Gasteiger partial charge in [0.25, 0.3) is 0 Å². The summed E-state index contributed by atoms with van der Waals surface area (Å²) in [6.07, 6.45) is 7.28. The van der Waals surface area contributed by atoms with Gasteiger partial charge in [0, 0.05) is 10.4 Å². The molecule has 4 saturated carbocycles. The normalized spacial score (nSPS) is 30.4. The summed E-state index contributed by atoms with van der Waals surface area (Å²) in [5.74, 6) is 2.31. The number of imide groups is 1. The number of hydrogen-bond acceptors (Lipinski definition) is 3. The van der Waals surface area contributed by atoms with E-state index in [0.29, 0.717) is 0 Å². The van der Waals surface area contributed by atoms with Gasteiger partial charge in [0.15, 0.2) is 0 Å². The minimum atomic E-state index is -0.314. The maximum atomic E-state index is 12.5. The summed E-state index contributed by atoms with van der Waals surface area (Å²) < 4.78 is 0. The average molecular weight is 395 g/mol. The van der Waals surface area contributed by atoms with Crippen molar-refractivity contribution in [2.75, 3.05) is 5.75 Å². The number of urea groups is 1. The Morgan fingerprint density at radius 2 is 1.57 bits per heavy atom. The molecule has 0 aliphatic heterocycles. The summed E-state index contributed by atoms with van der Waals surface area (Å²) >= 11 is 1.46. The SMILES string of the molecule is O=C(CSc1ccc2ccccc2c1)NC(=O)NC12CC3CC(CC(C3)C1)C2. The summed E-state index contributed by atoms with van der Waals surface area (Å²) in [4.78, 5) is 25.8. The first kappa shape index (κ1) is 18.0. The lowest BCUT2D eigenvalue weighted by molar-refractivity contribution is -0.117. The number of benzene rings is 2. The van der Waals surface area contributed by atoms with Crippen LogP contribution in [0.15, 0.2) is 47.4 Å². The minimum Gasteiger partial charge on any atom is -0.332 e. The van der Waals surface area contributed by atoms with Gasteiger partial charge in [-0.15, -0.1) is 11.8 Å². The first-order valence-electron chi connectivity index (χ1n) is 10.3. The molecule has 0 saturated heterocycles. The van der Waals surface area contributed by atoms with Gasteiger partial charge in [0.2, 0.25) is 5.91 Å². The van der Waals surface area contributed by atoms with Crippen LogP contribution in [-0.2, 0) is 4.79 Å². The molecule has 2 aromatic rings. The van der Waals surface area contributed by atoms with E-state index in [9.17, 15) is 9.59 Å². The van der Waals surface area contributed by atoms with Crippen molar-refractivity contribution in [1.29, 1.82) is 0 Å². The van der Waals surface area contributed by atoms with Crippen LogP contribution in [0.3, 0.4) is 0 Å². The maximum Gasteiger partial charge on any atom is 0.321 e. The van der Waals surface area contributed by atoms with E-state index >= 15 is 0 Å². The third-order valence-electron chi connectivity index (χ3n) is 6.76. The Hall–Kier alpha value is -2.01. The van der Waals surface area contributed by atoms with Gasteiger partial charge in [-0.2, -0.15) is 0 Å². The third kappa shape index (κ3) is 3.64. The van der Waals surface area contributed by atoms with Crippen LogP contribution in [0.5, 0.6) is 0 Å². The van der Waals surface area contributed by atoms with E-state index in [-0.39, 0.29) is 23.2 Å². The van der Waals surface area contributed by atoms with Crippen molar-refractivity contribution in [2.24, 2.45) is 17.8 Å². The Kier molecular flexibility index (Phi) is 4.58. The smallest absolute Gasteiger partial charge is 0.321 e. The van der Waals surface area contributed by atoms with Crippen molar-refractivity contribution in [3.63, 3.8) is 0 Å². The monoisotopic (exact) mass is 394 g/mol. The molecular formula is C23H26N2O2S. The average Bonchev–Trinajstić information content (AvgIpc) is 2.64. The number of amides is 3. The number of fused-ring (bicyclic) bond motifs is 1. The largest absolute Gasteiger partial charge is 0.332 e. The summed E-state index contributed by atoms with van der Waals surface area (Å²) in [5, 5.41) is 8.10. The summed E-state index contributed by atoms with van der Waals surface area (Å²) in [7, 11) is 0. The van der Waals surface area contributed by atoms with Gasteiger partial charge in [0.1, 0.15) is 0 Å². The summed E-state index contributed by atoms with van der Waals surface area (Å²) in [6.45, 7) is 0. The van der Waals surface area contributed by atoms with Crippen LogP contribution in [0, 0.1) is 17.8 Å². The van der Waals surface area contributed by atoms with Crippen LogP contribution in [0.1, 0.15) is 38.5 Å². The maximum absolute atomic E-state index is 12.5. The number of rotatable bonds is 4. The van der Waals surface area contributed by atoms with E-state index in [2.05, 4.69) is 34.9 Å². The van der Waals surface area contributed by atoms with E-state index in [4.69, 9.17) is 0 Å². The minimum absolute atomic E-state index is 0.0649. The highest BCUT2D eigenvalue weighted by Crippen LogP contribution is 2.55. The predicted octanol–water partition coefficient (Wildman–Crippen LogP) is 4.73. The molecule has 0 spiro atoms. The molecule has 0 atom stereocenters. The number of nitrogens with one attached hydrogen (secondary N) is 2. The zero-order valence-corrected chi connectivity index (χ0v) is 16.8. The number of hydrogen-bond donors (Lipinski definition) is 2. The molecule has 4 nitrogen and oxygen atoms in total. The molecule has 0 heterocycles. The first-order valence-corrected chi connectivity index (χ1v) is 11.3. The van der Waals surface area contributed by atoms with Gasteiger partial charge in [-0.1, -0.05) is 30.3 Å². The second-order valence-corrected chi connectivity index (χ2v) is 10.0. The standard InChI is InChI=1S/C23H26N2O2S/c26-21(14-28-20-6-5-18-3-1-2-4-19(18)10-20)24-22(27)25-23-11-15-7-16(12-23)9-17(8-15)13-23/h1-6,10,15-17H,7-9,11-14H2,(H2,24,25,26,27). The number of carbonyl (C=O) groups is 2. The summed E-state index contributed by atoms with van der Waals surface area (Å²) in [5.41, 5.74) is -0.0649. The molecule has 146 valence electrons. The lowest BCUT2D eigenvalue weighted by Crippen LogP contribution is -2.61. The molecule has 4 aliphatic rings. The van der Waals surface area contributed by atoms with Gasteiger partial charge < -0.3 is 5.32 Å². The summed E-state index contributed by atoms with van der Waals surface area (Å²) in [6, 6.07) is 14.0. The Labute approximate surface area is 169 Å². The van der Waals surface area contributed by atoms with Crippen molar-refractivity contribution in [3.05, 3.63) is 42.5 Å². The Morgan fingerprint density at radius 1 is 0.929 bits per heavy atom. The van der Waals surface area contributed by atoms with Crippen molar-refractivity contribution in [1.82, 2.24) is 10.6 Å². The second kappa shape index (κ2) is 7.11. The fraction of sp³-hybridized carbons (Fsp3) is 0.478. The second-order valence-electron chi connectivity index (χ2n) is 9.00. The fourth-order valence-corrected chi connectivity index (χ4v) is 6.85. The molecular weight excluding hydrogens is 368 g/mol. The van der Waals surface area contributed by atoms with Crippen LogP contribution in [-0.4, -0.2) is 23.2 Å². The van der Waals surface area contributed by atoms with Crippen LogP contribution < -0.4 is 10.6 Å². The van der Waals surface area contributed by atoms with E-state index in [1.54, 1.807) is 0 Å². The van der Waals surface area contributed by atoms with E-state index < -0.39 is 0 Å². The molecule has 4 bridgehead atoms. The quantitative estimate of drug-likeness (QED) is 0.737. The first-order chi connectivity index (χ1) is 13.6. The highest BCUT2D eigenvalue weighted by atomic mass is 32.2. The lowest BCUT2D eigenvalue weighted by atomic mass is 9.53. The zero-order chi connectivity index (χ0) is 19.1. The molecule has 2 N–H and O–H groups in total. The van der Waals surface area contributed by atoms with Gasteiger partial charge in [0.05, 0.1) is 5.75 Å². The van der Waals surface area contributed by atoms with Crippen molar-refractivity contribution in [2.45, 2.75) is 49.0 Å². The molecule has 0 aromatic heterocycles. The Balaban J connectivity index is 1.15. The van der Waals surface area contributed by atoms with Gasteiger partial charge in [-0.25, -0.2) is 4.79 Å². The number of carbonyl (C=O) groups excluding carboxylic acids is 2. The van der Waals surface area contributed by atoms with Gasteiger partial charge in [-0.3, -0.25) is 10.1 Å². The van der Waals surface area contributed by atoms with Crippen LogP contribution in [0.25, 0.3) is 10.8 Å². The molecule has 0 radical (unpaired) electrons. The molecule has 3 amide bonds. The molecule has 28 heavy (non-hydrogen) atoms. The van der Waals surface area contributed by atoms with Crippen LogP contribution >= 0.6 is 11.8 Å². The van der Waals surface area contributed by atoms with E-state index in [0.717, 1.165) is 47.3 Å². The van der Waals surface area contributed by atoms with Crippen molar-refractivity contribution in [3.8, 4) is 0 Å². The van der Waals surface area contributed by atoms with Crippen molar-refractivity contribution >= 4 is 34.5 Å². The van der Waals surface area contributed by atoms with Gasteiger partial charge >= 0.3 is 6.03 Å². The zero-order valence-electron chi connectivity index (χ0n) is 15.9. The van der Waals surface area contributed by atoms with Crippen LogP contribution in [0.4, 0.5) is 4.79 Å². The molecule has 6 rings (SSSR count). The highest BCUT2D eigenvalue weighted by molar-refractivity contribution is 8.00. The Morgan fingerprint density at radius 3 is 2.25 bits per heavy atom. The predicted molar refractivity (Wildman–Crippen MR) is 112 cm³/mol. The Bertz CT molecular complexity index is 890. The van der Waals surface area contributed by atoms with E-state index in [1.807, 2.05) is 18.2 Å². The lowest BCUT2D eigenvalue weighted by Gasteiger charge is -2.56. The molecule has 4 fully saturated rings. The third-order valence-corrected chi connectivity index (χ3v) is 7.75. The molecule has 5 heteroatoms. The topological polar surface area (TPSA) is 58.2 Å². The van der Waals surface area contributed by atoms with Crippen LogP contribution in [0.2, 0.25) is 0 Å². The highest BCUT2D eigenvalue weighted by Gasteiger charge is 2.51. The fourth-order valence-electron chi connectivity index (χ4n) is 6.10. The van der Waals surface area contributed by atoms with Crippen molar-refractivity contribution < 1.29 is 9.59 Å². The van der Waals surface area contributed by atoms with E-state index in [1.165, 1.54) is 36.4 Å². The molecule has 0 unspecified atom stereocenters. The van der Waals surface area contributed by atoms with Gasteiger partial charge in [-0.05, 0) is 79.2 Å². The number of thioether (sulfide) groups is 1.